The fourth-order valence-corrected chi connectivity index (χ4v) is 9.40. The number of fused-ring (bicyclic) bond motifs is 8. The Kier molecular flexibility index (Phi) is 6.94. The summed E-state index contributed by atoms with van der Waals surface area (Å²) >= 11 is 0. The van der Waals surface area contributed by atoms with Crippen molar-refractivity contribution in [3.05, 3.63) is 198 Å². The van der Waals surface area contributed by atoms with Crippen LogP contribution in [0, 0.1) is 0 Å². The molecule has 0 bridgehead atoms. The van der Waals surface area contributed by atoms with Crippen LogP contribution >= 0.6 is 0 Å². The van der Waals surface area contributed by atoms with Gasteiger partial charge < -0.3 is 4.90 Å². The lowest BCUT2D eigenvalue weighted by Crippen LogP contribution is -2.18. The van der Waals surface area contributed by atoms with E-state index in [9.17, 15) is 0 Å². The summed E-state index contributed by atoms with van der Waals surface area (Å²) in [7, 11) is 0. The predicted molar refractivity (Wildman–Crippen MR) is 225 cm³/mol. The smallest absolute Gasteiger partial charge is 0.0549 e. The van der Waals surface area contributed by atoms with E-state index in [1.807, 2.05) is 0 Å². The molecule has 0 aromatic heterocycles. The highest BCUT2D eigenvalue weighted by Crippen LogP contribution is 2.57. The van der Waals surface area contributed by atoms with Gasteiger partial charge >= 0.3 is 0 Å². The average Bonchev–Trinajstić information content (AvgIpc) is 3.58. The molecule has 53 heavy (non-hydrogen) atoms. The minimum atomic E-state index is -0.158. The maximum absolute atomic E-state index is 2.54. The van der Waals surface area contributed by atoms with Crippen molar-refractivity contribution in [1.82, 2.24) is 0 Å². The van der Waals surface area contributed by atoms with Crippen LogP contribution in [0.1, 0.15) is 49.9 Å². The van der Waals surface area contributed by atoms with Gasteiger partial charge in [0.05, 0.1) is 5.69 Å². The van der Waals surface area contributed by atoms with Crippen molar-refractivity contribution in [2.45, 2.75) is 38.5 Å². The lowest BCUT2D eigenvalue weighted by molar-refractivity contribution is 0.660. The summed E-state index contributed by atoms with van der Waals surface area (Å²) in [4.78, 5) is 2.54. The van der Waals surface area contributed by atoms with Gasteiger partial charge in [-0.25, -0.2) is 0 Å². The summed E-state index contributed by atoms with van der Waals surface area (Å²) < 4.78 is 0. The number of benzene rings is 8. The first kappa shape index (κ1) is 31.5. The van der Waals surface area contributed by atoms with Crippen LogP contribution < -0.4 is 4.90 Å². The molecule has 0 unspecified atom stereocenters. The number of hydrogen-bond acceptors (Lipinski definition) is 1. The molecule has 0 saturated carbocycles. The summed E-state index contributed by atoms with van der Waals surface area (Å²) in [5.74, 6) is 0. The van der Waals surface area contributed by atoms with Crippen molar-refractivity contribution in [1.29, 1.82) is 0 Å². The molecule has 0 heterocycles. The van der Waals surface area contributed by atoms with E-state index in [-0.39, 0.29) is 10.8 Å². The van der Waals surface area contributed by atoms with Crippen LogP contribution in [0.15, 0.2) is 176 Å². The van der Waals surface area contributed by atoms with Gasteiger partial charge in [0, 0.05) is 27.8 Å². The Bertz CT molecular complexity index is 2730. The molecule has 1 heteroatoms. The molecule has 0 N–H and O–H groups in total. The Balaban J connectivity index is 1.24. The largest absolute Gasteiger partial charge is 0.310 e. The van der Waals surface area contributed by atoms with Crippen LogP contribution in [0.3, 0.4) is 0 Å². The third-order valence-electron chi connectivity index (χ3n) is 12.0. The molecular formula is C52H41N. The second kappa shape index (κ2) is 11.7. The maximum atomic E-state index is 2.54. The molecule has 1 nitrogen and oxygen atoms in total. The van der Waals surface area contributed by atoms with E-state index >= 15 is 0 Å². The van der Waals surface area contributed by atoms with Gasteiger partial charge in [-0.2, -0.15) is 0 Å². The number of nitrogens with zero attached hydrogens (tertiary/aromatic N) is 1. The van der Waals surface area contributed by atoms with Gasteiger partial charge in [-0.05, 0) is 108 Å². The van der Waals surface area contributed by atoms with Crippen molar-refractivity contribution in [2.75, 3.05) is 4.90 Å². The molecular weight excluding hydrogens is 639 g/mol. The third kappa shape index (κ3) is 4.77. The Labute approximate surface area is 312 Å². The first-order valence-corrected chi connectivity index (χ1v) is 18.8. The molecule has 0 fully saturated rings. The van der Waals surface area contributed by atoms with E-state index in [1.54, 1.807) is 0 Å². The lowest BCUT2D eigenvalue weighted by Gasteiger charge is -2.31. The molecule has 0 radical (unpaired) electrons. The zero-order valence-corrected chi connectivity index (χ0v) is 30.7. The number of rotatable bonds is 5. The fraction of sp³-hybridized carbons (Fsp3) is 0.115. The van der Waals surface area contributed by atoms with Gasteiger partial charge in [0.15, 0.2) is 0 Å². The highest BCUT2D eigenvalue weighted by molar-refractivity contribution is 6.06. The molecule has 2 aliphatic rings. The van der Waals surface area contributed by atoms with E-state index in [0.29, 0.717) is 0 Å². The van der Waals surface area contributed by atoms with Crippen molar-refractivity contribution >= 4 is 27.8 Å². The quantitative estimate of drug-likeness (QED) is 0.175. The average molecular weight is 680 g/mol. The molecule has 0 aliphatic heterocycles. The molecule has 0 amide bonds. The zero-order chi connectivity index (χ0) is 35.9. The topological polar surface area (TPSA) is 3.24 Å². The number of anilines is 3. The normalized spacial score (nSPS) is 14.3. The van der Waals surface area contributed by atoms with Gasteiger partial charge in [-0.15, -0.1) is 0 Å². The minimum absolute atomic E-state index is 0.118. The molecule has 10 rings (SSSR count). The third-order valence-corrected chi connectivity index (χ3v) is 12.0. The van der Waals surface area contributed by atoms with Crippen LogP contribution in [0.25, 0.3) is 55.3 Å². The highest BCUT2D eigenvalue weighted by Gasteiger charge is 2.40. The van der Waals surface area contributed by atoms with Crippen molar-refractivity contribution < 1.29 is 0 Å². The van der Waals surface area contributed by atoms with Crippen LogP contribution in [0.2, 0.25) is 0 Å². The fourth-order valence-electron chi connectivity index (χ4n) is 9.40. The summed E-state index contributed by atoms with van der Waals surface area (Å²) in [5.41, 5.74) is 18.9. The first-order chi connectivity index (χ1) is 25.8. The SMILES string of the molecule is CC1(C)c2ccccc2-c2ccc(N(c3cccc(-c4cccc(-c5ccccc5)c4)c3)c3cc4ccccc4c4c3-c3ccccc3C4(C)C)cc21. The lowest BCUT2D eigenvalue weighted by atomic mass is 9.80. The van der Waals surface area contributed by atoms with Crippen LogP contribution in [-0.4, -0.2) is 0 Å². The standard InChI is InChI=1S/C52H41N/c1-51(2)45-26-12-10-24-42(45)43-29-28-40(33-47(43)51)53(39-22-15-21-37(31-39)36-20-14-19-35(30-36)34-16-6-5-7-17-34)48-32-38-18-8-9-23-41(38)50-49(48)44-25-11-13-27-46(44)52(50,3)4/h5-33H,1-4H3. The van der Waals surface area contributed by atoms with E-state index in [1.165, 1.54) is 88.9 Å². The zero-order valence-electron chi connectivity index (χ0n) is 30.7. The summed E-state index contributed by atoms with van der Waals surface area (Å²) in [6, 6.07) is 65.3. The summed E-state index contributed by atoms with van der Waals surface area (Å²) in [6.45, 7) is 9.54. The highest BCUT2D eigenvalue weighted by atomic mass is 15.1. The predicted octanol–water partition coefficient (Wildman–Crippen LogP) is 14.3. The summed E-state index contributed by atoms with van der Waals surface area (Å²) in [5, 5.41) is 2.58. The summed E-state index contributed by atoms with van der Waals surface area (Å²) in [6.07, 6.45) is 0. The monoisotopic (exact) mass is 679 g/mol. The Hall–Kier alpha value is -6.18. The molecule has 0 atom stereocenters. The van der Waals surface area contributed by atoms with Gasteiger partial charge in [0.2, 0.25) is 0 Å². The molecule has 0 spiro atoms. The van der Waals surface area contributed by atoms with E-state index in [2.05, 4.69) is 209 Å². The maximum Gasteiger partial charge on any atom is 0.0549 e. The van der Waals surface area contributed by atoms with Crippen molar-refractivity contribution in [2.24, 2.45) is 0 Å². The first-order valence-electron chi connectivity index (χ1n) is 18.8. The van der Waals surface area contributed by atoms with Crippen LogP contribution in [-0.2, 0) is 10.8 Å². The molecule has 8 aromatic carbocycles. The van der Waals surface area contributed by atoms with Crippen LogP contribution in [0.5, 0.6) is 0 Å². The second-order valence-electron chi connectivity index (χ2n) is 15.8. The molecule has 0 saturated heterocycles. The Morgan fingerprint density at radius 1 is 0.377 bits per heavy atom. The Morgan fingerprint density at radius 3 is 1.74 bits per heavy atom. The van der Waals surface area contributed by atoms with E-state index in [0.717, 1.165) is 5.69 Å². The van der Waals surface area contributed by atoms with Gasteiger partial charge in [0.1, 0.15) is 0 Å². The van der Waals surface area contributed by atoms with Gasteiger partial charge in [0.25, 0.3) is 0 Å². The van der Waals surface area contributed by atoms with Gasteiger partial charge in [-0.3, -0.25) is 0 Å². The molecule has 2 aliphatic carbocycles. The molecule has 254 valence electrons. The minimum Gasteiger partial charge on any atom is -0.310 e. The Morgan fingerprint density at radius 2 is 0.943 bits per heavy atom. The van der Waals surface area contributed by atoms with E-state index in [4.69, 9.17) is 0 Å². The molecule has 8 aromatic rings. The number of hydrogen-bond donors (Lipinski definition) is 0. The van der Waals surface area contributed by atoms with Crippen LogP contribution in [0.4, 0.5) is 17.1 Å². The van der Waals surface area contributed by atoms with Gasteiger partial charge in [-0.1, -0.05) is 167 Å². The van der Waals surface area contributed by atoms with Crippen molar-refractivity contribution in [3.8, 4) is 44.5 Å². The second-order valence-corrected chi connectivity index (χ2v) is 15.8. The van der Waals surface area contributed by atoms with Crippen molar-refractivity contribution in [3.63, 3.8) is 0 Å². The van der Waals surface area contributed by atoms with E-state index < -0.39 is 0 Å².